The van der Waals surface area contributed by atoms with Gasteiger partial charge < -0.3 is 4.74 Å². The zero-order valence-corrected chi connectivity index (χ0v) is 23.1. The topological polar surface area (TPSA) is 118 Å². The zero-order chi connectivity index (χ0) is 26.7. The molecule has 2 aromatic carbocycles. The molecular weight excluding hydrogens is 531 g/mol. The number of carbonyl (C=O) groups excluding carboxylic acids is 1. The number of carbonyl (C=O) groups is 1. The molecule has 37 heavy (non-hydrogen) atoms. The highest BCUT2D eigenvalue weighted by atomic mass is 32.2. The smallest absolute Gasteiger partial charge is 0.261 e. The second-order valence-electron chi connectivity index (χ2n) is 8.36. The highest BCUT2D eigenvalue weighted by Crippen LogP contribution is 2.31. The summed E-state index contributed by atoms with van der Waals surface area (Å²) in [6.45, 7) is 2.32. The van der Waals surface area contributed by atoms with Crippen LogP contribution in [0.25, 0.3) is 10.2 Å². The molecule has 0 aliphatic rings. The molecule has 1 aromatic heterocycles. The Labute approximate surface area is 226 Å². The summed E-state index contributed by atoms with van der Waals surface area (Å²) in [4.78, 5) is 16.9. The van der Waals surface area contributed by atoms with Crippen LogP contribution in [0.1, 0.15) is 44.6 Å². The molecule has 0 bridgehead atoms. The summed E-state index contributed by atoms with van der Waals surface area (Å²) in [5, 5.41) is 9.19. The number of hydroxylamine groups is 1. The molecule has 3 rings (SSSR count). The first-order valence-corrected chi connectivity index (χ1v) is 15.3. The van der Waals surface area contributed by atoms with E-state index in [1.807, 2.05) is 0 Å². The van der Waals surface area contributed by atoms with E-state index in [1.165, 1.54) is 43.1 Å². The Balaban J connectivity index is 1.68. The van der Waals surface area contributed by atoms with E-state index in [-0.39, 0.29) is 17.9 Å². The number of rotatable bonds is 15. The Morgan fingerprint density at radius 3 is 2.65 bits per heavy atom. The number of terminal acetylenes is 1. The van der Waals surface area contributed by atoms with Crippen LogP contribution in [-0.4, -0.2) is 42.9 Å². The van der Waals surface area contributed by atoms with E-state index in [0.717, 1.165) is 26.7 Å². The maximum atomic E-state index is 13.1. The fourth-order valence-electron chi connectivity index (χ4n) is 3.58. The van der Waals surface area contributed by atoms with E-state index >= 15 is 0 Å². The summed E-state index contributed by atoms with van der Waals surface area (Å²) in [6, 6.07) is 10.2. The van der Waals surface area contributed by atoms with Crippen molar-refractivity contribution in [3.05, 3.63) is 48.0 Å². The van der Waals surface area contributed by atoms with Crippen molar-refractivity contribution in [1.82, 2.24) is 15.2 Å². The van der Waals surface area contributed by atoms with Gasteiger partial charge in [-0.3, -0.25) is 10.0 Å². The maximum absolute atomic E-state index is 13.1. The van der Waals surface area contributed by atoms with Gasteiger partial charge in [0, 0.05) is 5.75 Å². The minimum atomic E-state index is -4.06. The molecule has 1 amide bonds. The lowest BCUT2D eigenvalue weighted by Gasteiger charge is -2.17. The molecule has 0 saturated heterocycles. The Morgan fingerprint density at radius 1 is 1.19 bits per heavy atom. The van der Waals surface area contributed by atoms with E-state index in [1.54, 1.807) is 53.6 Å². The molecule has 1 heterocycles. The van der Waals surface area contributed by atoms with Gasteiger partial charge in [0.1, 0.15) is 18.4 Å². The molecule has 11 heteroatoms. The van der Waals surface area contributed by atoms with E-state index < -0.39 is 22.0 Å². The summed E-state index contributed by atoms with van der Waals surface area (Å²) < 4.78 is 35.7. The molecule has 1 unspecified atom stereocenters. The minimum absolute atomic E-state index is 0.0168. The van der Waals surface area contributed by atoms with Crippen molar-refractivity contribution in [3.63, 3.8) is 0 Å². The molecule has 8 nitrogen and oxygen atoms in total. The van der Waals surface area contributed by atoms with Crippen LogP contribution in [0.4, 0.5) is 0 Å². The van der Waals surface area contributed by atoms with E-state index in [0.29, 0.717) is 11.3 Å². The fraction of sp³-hybridized carbons (Fsp3) is 0.385. The third kappa shape index (κ3) is 8.72. The van der Waals surface area contributed by atoms with E-state index in [2.05, 4.69) is 22.6 Å². The van der Waals surface area contributed by atoms with Gasteiger partial charge in [-0.1, -0.05) is 62.4 Å². The predicted octanol–water partition coefficient (Wildman–Crippen LogP) is 4.77. The number of hydrogen-bond donors (Lipinski definition) is 3. The Hall–Kier alpha value is -2.62. The molecule has 3 aromatic rings. The zero-order valence-electron chi connectivity index (χ0n) is 20.6. The second-order valence-corrected chi connectivity index (χ2v) is 12.4. The maximum Gasteiger partial charge on any atom is 0.261 e. The molecule has 0 fully saturated rings. The van der Waals surface area contributed by atoms with Crippen LogP contribution in [0.15, 0.2) is 51.7 Å². The quantitative estimate of drug-likeness (QED) is 0.0805. The van der Waals surface area contributed by atoms with Gasteiger partial charge in [-0.05, 0) is 48.7 Å². The van der Waals surface area contributed by atoms with Crippen LogP contribution in [0.3, 0.4) is 0 Å². The monoisotopic (exact) mass is 561 g/mol. The molecule has 0 radical (unpaired) electrons. The summed E-state index contributed by atoms with van der Waals surface area (Å²) in [7, 11) is -4.06. The first kappa shape index (κ1) is 28.9. The SMILES string of the molecule is C#CCOc1ccc(CC(NS(=O)(=O)c2ccc3nc(SCCCCCCC)sc3c2)C(=O)NO)cc1. The molecule has 1 atom stereocenters. The molecular formula is C26H31N3O5S3. The lowest BCUT2D eigenvalue weighted by molar-refractivity contribution is -0.130. The summed E-state index contributed by atoms with van der Waals surface area (Å²) in [5.74, 6) is 3.04. The summed E-state index contributed by atoms with van der Waals surface area (Å²) in [5.41, 5.74) is 2.94. The number of hydrogen-bond acceptors (Lipinski definition) is 8. The van der Waals surface area contributed by atoms with Crippen LogP contribution in [0.5, 0.6) is 5.75 Å². The fourth-order valence-corrected chi connectivity index (χ4v) is 7.05. The standard InChI is InChI=1S/C26H31N3O5S3/c1-3-5-6-7-8-16-35-26-27-22-14-13-21(18-24(22)36-26)37(32,33)29-23(25(30)28-31)17-19-9-11-20(12-10-19)34-15-4-2/h2,9-14,18,23,29,31H,3,5-8,15-17H2,1H3,(H,28,30). The van der Waals surface area contributed by atoms with Crippen molar-refractivity contribution in [2.45, 2.75) is 60.7 Å². The average Bonchev–Trinajstić information content (AvgIpc) is 3.31. The van der Waals surface area contributed by atoms with E-state index in [9.17, 15) is 18.4 Å². The van der Waals surface area contributed by atoms with Gasteiger partial charge in [0.25, 0.3) is 5.91 Å². The van der Waals surface area contributed by atoms with Crippen LogP contribution in [-0.2, 0) is 21.2 Å². The Kier molecular flexibility index (Phi) is 11.2. The number of nitrogens with zero attached hydrogens (tertiary/aromatic N) is 1. The number of sulfonamides is 1. The van der Waals surface area contributed by atoms with Gasteiger partial charge in [-0.25, -0.2) is 18.9 Å². The molecule has 0 aliphatic heterocycles. The lowest BCUT2D eigenvalue weighted by Crippen LogP contribution is -2.47. The number of thiazole rings is 1. The van der Waals surface area contributed by atoms with Crippen LogP contribution >= 0.6 is 23.1 Å². The molecule has 0 aliphatic carbocycles. The largest absolute Gasteiger partial charge is 0.481 e. The van der Waals surface area contributed by atoms with Crippen molar-refractivity contribution in [2.24, 2.45) is 0 Å². The third-order valence-corrected chi connectivity index (χ3v) is 9.25. The molecule has 0 spiro atoms. The predicted molar refractivity (Wildman–Crippen MR) is 148 cm³/mol. The minimum Gasteiger partial charge on any atom is -0.481 e. The third-order valence-electron chi connectivity index (χ3n) is 5.53. The number of unbranched alkanes of at least 4 members (excludes halogenated alkanes) is 4. The number of fused-ring (bicyclic) bond motifs is 1. The van der Waals surface area contributed by atoms with Crippen molar-refractivity contribution < 1.29 is 23.2 Å². The van der Waals surface area contributed by atoms with Crippen molar-refractivity contribution in [1.29, 1.82) is 0 Å². The first-order chi connectivity index (χ1) is 17.9. The molecule has 3 N–H and O–H groups in total. The normalized spacial score (nSPS) is 12.2. The summed E-state index contributed by atoms with van der Waals surface area (Å²) >= 11 is 3.14. The summed E-state index contributed by atoms with van der Waals surface area (Å²) in [6.07, 6.45) is 11.2. The number of amides is 1. The number of nitrogens with one attached hydrogen (secondary N) is 2. The molecule has 0 saturated carbocycles. The highest BCUT2D eigenvalue weighted by molar-refractivity contribution is 8.01. The second kappa shape index (κ2) is 14.4. The Morgan fingerprint density at radius 2 is 1.95 bits per heavy atom. The highest BCUT2D eigenvalue weighted by Gasteiger charge is 2.26. The average molecular weight is 562 g/mol. The van der Waals surface area contributed by atoms with Crippen LogP contribution in [0.2, 0.25) is 0 Å². The van der Waals surface area contributed by atoms with Crippen molar-refractivity contribution in [3.8, 4) is 18.1 Å². The van der Waals surface area contributed by atoms with Crippen molar-refractivity contribution >= 4 is 49.2 Å². The number of ether oxygens (including phenoxy) is 1. The van der Waals surface area contributed by atoms with Gasteiger partial charge in [0.2, 0.25) is 10.0 Å². The number of aromatic nitrogens is 1. The Bertz CT molecular complexity index is 1320. The van der Waals surface area contributed by atoms with E-state index in [4.69, 9.17) is 11.2 Å². The van der Waals surface area contributed by atoms with Crippen molar-refractivity contribution in [2.75, 3.05) is 12.4 Å². The number of thioether (sulfide) groups is 1. The van der Waals surface area contributed by atoms with Gasteiger partial charge in [-0.2, -0.15) is 4.72 Å². The number of benzene rings is 2. The van der Waals surface area contributed by atoms with Gasteiger partial charge in [-0.15, -0.1) is 17.8 Å². The van der Waals surface area contributed by atoms with Crippen LogP contribution < -0.4 is 14.9 Å². The van der Waals surface area contributed by atoms with Crippen LogP contribution in [0, 0.1) is 12.3 Å². The van der Waals surface area contributed by atoms with Gasteiger partial charge >= 0.3 is 0 Å². The first-order valence-electron chi connectivity index (χ1n) is 12.0. The van der Waals surface area contributed by atoms with Gasteiger partial charge in [0.15, 0.2) is 4.34 Å². The van der Waals surface area contributed by atoms with Gasteiger partial charge in [0.05, 0.1) is 15.1 Å². The molecule has 198 valence electrons. The lowest BCUT2D eigenvalue weighted by atomic mass is 10.1.